The van der Waals surface area contributed by atoms with Crippen molar-refractivity contribution >= 4 is 5.69 Å². The average Bonchev–Trinajstić information content (AvgIpc) is 2.39. The number of hydrogen-bond acceptors (Lipinski definition) is 4. The Morgan fingerprint density at radius 3 is 2.83 bits per heavy atom. The number of pyridine rings is 1. The van der Waals surface area contributed by atoms with Crippen LogP contribution in [0, 0.1) is 17.1 Å². The Labute approximate surface area is 103 Å². The predicted molar refractivity (Wildman–Crippen MR) is 64.3 cm³/mol. The van der Waals surface area contributed by atoms with Gasteiger partial charge in [-0.3, -0.25) is 4.98 Å². The largest absolute Gasteiger partial charge is 0.506 e. The highest BCUT2D eigenvalue weighted by Crippen LogP contribution is 2.15. The second kappa shape index (κ2) is 5.15. The van der Waals surface area contributed by atoms with Crippen molar-refractivity contribution in [2.75, 3.05) is 5.32 Å². The Bertz CT molecular complexity index is 590. The van der Waals surface area contributed by atoms with Gasteiger partial charge in [0.05, 0.1) is 24.0 Å². The number of nitrogens with one attached hydrogen (secondary N) is 1. The number of anilines is 1. The molecule has 0 saturated carbocycles. The van der Waals surface area contributed by atoms with Gasteiger partial charge in [-0.1, -0.05) is 0 Å². The molecule has 2 aromatic rings. The van der Waals surface area contributed by atoms with Crippen LogP contribution in [0.5, 0.6) is 5.75 Å². The highest BCUT2D eigenvalue weighted by atomic mass is 19.1. The van der Waals surface area contributed by atoms with Crippen LogP contribution in [0.2, 0.25) is 0 Å². The molecule has 18 heavy (non-hydrogen) atoms. The first-order chi connectivity index (χ1) is 8.69. The molecule has 0 aliphatic rings. The number of nitriles is 1. The van der Waals surface area contributed by atoms with Crippen LogP contribution in [0.1, 0.15) is 11.3 Å². The molecule has 5 heteroatoms. The van der Waals surface area contributed by atoms with Crippen molar-refractivity contribution < 1.29 is 9.50 Å². The highest BCUT2D eigenvalue weighted by molar-refractivity contribution is 5.49. The van der Waals surface area contributed by atoms with E-state index in [9.17, 15) is 4.39 Å². The van der Waals surface area contributed by atoms with E-state index in [4.69, 9.17) is 10.4 Å². The van der Waals surface area contributed by atoms with E-state index < -0.39 is 5.82 Å². The number of aromatic hydroxyl groups is 1. The van der Waals surface area contributed by atoms with Crippen molar-refractivity contribution in [3.63, 3.8) is 0 Å². The molecule has 1 aromatic carbocycles. The van der Waals surface area contributed by atoms with Crippen molar-refractivity contribution in [2.24, 2.45) is 0 Å². The standard InChI is InChI=1S/C13H10FN3O/c14-13-4-2-10(5-9(13)6-15)16-7-11-1-3-12(18)8-17-11/h1-5,8,16,18H,7H2. The molecule has 0 unspecified atom stereocenters. The molecule has 0 aliphatic heterocycles. The number of nitrogens with zero attached hydrogens (tertiary/aromatic N) is 2. The molecule has 2 rings (SSSR count). The lowest BCUT2D eigenvalue weighted by molar-refractivity contribution is 0.472. The number of halogens is 1. The zero-order valence-electron chi connectivity index (χ0n) is 9.39. The normalized spacial score (nSPS) is 9.78. The lowest BCUT2D eigenvalue weighted by Crippen LogP contribution is -2.01. The van der Waals surface area contributed by atoms with Crippen molar-refractivity contribution in [1.29, 1.82) is 5.26 Å². The maximum atomic E-state index is 13.1. The lowest BCUT2D eigenvalue weighted by atomic mass is 10.2. The summed E-state index contributed by atoms with van der Waals surface area (Å²) in [6.07, 6.45) is 1.35. The minimum atomic E-state index is -0.536. The van der Waals surface area contributed by atoms with Crippen LogP contribution >= 0.6 is 0 Å². The first-order valence-electron chi connectivity index (χ1n) is 5.26. The summed E-state index contributed by atoms with van der Waals surface area (Å²) in [5.41, 5.74) is 1.37. The summed E-state index contributed by atoms with van der Waals surface area (Å²) in [6, 6.07) is 9.23. The first-order valence-corrected chi connectivity index (χ1v) is 5.26. The van der Waals surface area contributed by atoms with Crippen LogP contribution in [-0.4, -0.2) is 10.1 Å². The molecule has 4 nitrogen and oxygen atoms in total. The van der Waals surface area contributed by atoms with Gasteiger partial charge in [-0.05, 0) is 30.3 Å². The maximum absolute atomic E-state index is 13.1. The molecule has 0 spiro atoms. The van der Waals surface area contributed by atoms with E-state index in [-0.39, 0.29) is 11.3 Å². The third-order valence-corrected chi connectivity index (χ3v) is 2.37. The third kappa shape index (κ3) is 2.74. The Morgan fingerprint density at radius 1 is 1.33 bits per heavy atom. The molecule has 0 bridgehead atoms. The van der Waals surface area contributed by atoms with Crippen LogP contribution in [0.3, 0.4) is 0 Å². The van der Waals surface area contributed by atoms with E-state index >= 15 is 0 Å². The minimum Gasteiger partial charge on any atom is -0.506 e. The molecule has 90 valence electrons. The molecule has 0 atom stereocenters. The van der Waals surface area contributed by atoms with E-state index in [1.54, 1.807) is 18.2 Å². The molecule has 1 heterocycles. The minimum absolute atomic E-state index is 0.00124. The Balaban J connectivity index is 2.06. The molecular formula is C13H10FN3O. The summed E-state index contributed by atoms with van der Waals surface area (Å²) in [7, 11) is 0. The van der Waals surface area contributed by atoms with E-state index in [2.05, 4.69) is 10.3 Å². The van der Waals surface area contributed by atoms with Gasteiger partial charge in [0.25, 0.3) is 0 Å². The fourth-order valence-corrected chi connectivity index (χ4v) is 1.43. The number of benzene rings is 1. The lowest BCUT2D eigenvalue weighted by Gasteiger charge is -2.06. The molecule has 1 aromatic heterocycles. The smallest absolute Gasteiger partial charge is 0.141 e. The Kier molecular flexibility index (Phi) is 3.39. The van der Waals surface area contributed by atoms with Gasteiger partial charge in [0.15, 0.2) is 0 Å². The highest BCUT2D eigenvalue weighted by Gasteiger charge is 2.02. The van der Waals surface area contributed by atoms with Crippen molar-refractivity contribution in [3.8, 4) is 11.8 Å². The second-order valence-electron chi connectivity index (χ2n) is 3.67. The Morgan fingerprint density at radius 2 is 2.17 bits per heavy atom. The predicted octanol–water partition coefficient (Wildman–Crippen LogP) is 2.41. The second-order valence-corrected chi connectivity index (χ2v) is 3.67. The molecule has 0 saturated heterocycles. The van der Waals surface area contributed by atoms with E-state index in [1.807, 2.05) is 0 Å². The summed E-state index contributed by atoms with van der Waals surface area (Å²) in [5, 5.41) is 20.8. The van der Waals surface area contributed by atoms with Gasteiger partial charge in [0, 0.05) is 5.69 Å². The number of hydrogen-bond donors (Lipinski definition) is 2. The summed E-state index contributed by atoms with van der Waals surface area (Å²) < 4.78 is 13.1. The topological polar surface area (TPSA) is 68.9 Å². The monoisotopic (exact) mass is 243 g/mol. The van der Waals surface area contributed by atoms with Gasteiger partial charge in [0.1, 0.15) is 17.6 Å². The Hall–Kier alpha value is -2.61. The van der Waals surface area contributed by atoms with Crippen molar-refractivity contribution in [2.45, 2.75) is 6.54 Å². The third-order valence-electron chi connectivity index (χ3n) is 2.37. The summed E-state index contributed by atoms with van der Waals surface area (Å²) in [4.78, 5) is 4.00. The molecular weight excluding hydrogens is 233 g/mol. The van der Waals surface area contributed by atoms with Crippen LogP contribution in [0.15, 0.2) is 36.5 Å². The first kappa shape index (κ1) is 11.9. The van der Waals surface area contributed by atoms with Gasteiger partial charge in [-0.2, -0.15) is 5.26 Å². The summed E-state index contributed by atoms with van der Waals surface area (Å²) in [6.45, 7) is 0.427. The van der Waals surface area contributed by atoms with E-state index in [0.717, 1.165) is 5.69 Å². The van der Waals surface area contributed by atoms with E-state index in [0.29, 0.717) is 12.2 Å². The van der Waals surface area contributed by atoms with Crippen LogP contribution < -0.4 is 5.32 Å². The summed E-state index contributed by atoms with van der Waals surface area (Å²) >= 11 is 0. The molecule has 0 amide bonds. The number of rotatable bonds is 3. The SMILES string of the molecule is N#Cc1cc(NCc2ccc(O)cn2)ccc1F. The van der Waals surface area contributed by atoms with Crippen molar-refractivity contribution in [1.82, 2.24) is 4.98 Å². The summed E-state index contributed by atoms with van der Waals surface area (Å²) in [5.74, 6) is -0.432. The van der Waals surface area contributed by atoms with Gasteiger partial charge in [-0.25, -0.2) is 4.39 Å². The van der Waals surface area contributed by atoms with Gasteiger partial charge in [-0.15, -0.1) is 0 Å². The quantitative estimate of drug-likeness (QED) is 0.868. The maximum Gasteiger partial charge on any atom is 0.141 e. The zero-order valence-corrected chi connectivity index (χ0v) is 9.39. The van der Waals surface area contributed by atoms with Crippen LogP contribution in [-0.2, 0) is 6.54 Å². The zero-order chi connectivity index (χ0) is 13.0. The fourth-order valence-electron chi connectivity index (χ4n) is 1.43. The number of aromatic nitrogens is 1. The van der Waals surface area contributed by atoms with Gasteiger partial charge >= 0.3 is 0 Å². The van der Waals surface area contributed by atoms with Gasteiger partial charge < -0.3 is 10.4 Å². The van der Waals surface area contributed by atoms with E-state index in [1.165, 1.54) is 24.4 Å². The molecule has 2 N–H and O–H groups in total. The molecule has 0 fully saturated rings. The van der Waals surface area contributed by atoms with Crippen molar-refractivity contribution in [3.05, 3.63) is 53.6 Å². The van der Waals surface area contributed by atoms with Gasteiger partial charge in [0.2, 0.25) is 0 Å². The fraction of sp³-hybridized carbons (Fsp3) is 0.0769. The molecule has 0 radical (unpaired) electrons. The van der Waals surface area contributed by atoms with Crippen LogP contribution in [0.4, 0.5) is 10.1 Å². The molecule has 0 aliphatic carbocycles. The van der Waals surface area contributed by atoms with Crippen LogP contribution in [0.25, 0.3) is 0 Å². The average molecular weight is 243 g/mol.